The first-order valence-electron chi connectivity index (χ1n) is 9.24. The number of nitrogens with zero attached hydrogens (tertiary/aromatic N) is 1. The van der Waals surface area contributed by atoms with Crippen molar-refractivity contribution in [3.05, 3.63) is 102 Å². The van der Waals surface area contributed by atoms with Gasteiger partial charge >= 0.3 is 5.97 Å². The summed E-state index contributed by atoms with van der Waals surface area (Å²) < 4.78 is 11.4. The van der Waals surface area contributed by atoms with Crippen LogP contribution in [0.15, 0.2) is 69.9 Å². The highest BCUT2D eigenvalue weighted by atomic mass is 35.5. The Hall–Kier alpha value is -3.68. The lowest BCUT2D eigenvalue weighted by Gasteiger charge is -2.11. The molecule has 0 aliphatic carbocycles. The van der Waals surface area contributed by atoms with E-state index in [1.165, 1.54) is 12.1 Å². The summed E-state index contributed by atoms with van der Waals surface area (Å²) in [7, 11) is 0. The molecule has 9 heteroatoms. The Kier molecular flexibility index (Phi) is 5.69. The van der Waals surface area contributed by atoms with E-state index in [0.717, 1.165) is 11.6 Å². The van der Waals surface area contributed by atoms with Gasteiger partial charge in [-0.15, -0.1) is 0 Å². The van der Waals surface area contributed by atoms with Gasteiger partial charge in [0.05, 0.1) is 15.9 Å². The van der Waals surface area contributed by atoms with Gasteiger partial charge in [0.2, 0.25) is 11.2 Å². The molecule has 0 spiro atoms. The van der Waals surface area contributed by atoms with E-state index in [0.29, 0.717) is 16.2 Å². The summed E-state index contributed by atoms with van der Waals surface area (Å²) in [5.41, 5.74) is 0.488. The fourth-order valence-electron chi connectivity index (χ4n) is 3.10. The van der Waals surface area contributed by atoms with Crippen LogP contribution >= 0.6 is 23.2 Å². The number of fused-ring (bicyclic) bond motifs is 1. The molecule has 1 aromatic heterocycles. The number of hydrogen-bond acceptors (Lipinski definition) is 6. The lowest BCUT2D eigenvalue weighted by atomic mass is 10.1. The van der Waals surface area contributed by atoms with Crippen LogP contribution in [0.1, 0.15) is 15.9 Å². The van der Waals surface area contributed by atoms with Crippen molar-refractivity contribution in [1.82, 2.24) is 0 Å². The molecule has 1 heterocycles. The predicted molar refractivity (Wildman–Crippen MR) is 121 cm³/mol. The van der Waals surface area contributed by atoms with Gasteiger partial charge in [-0.25, -0.2) is 4.79 Å². The third-order valence-electron chi connectivity index (χ3n) is 4.69. The molecule has 0 amide bonds. The fraction of sp³-hybridized carbons (Fsp3) is 0.0435. The Morgan fingerprint density at radius 1 is 1.03 bits per heavy atom. The van der Waals surface area contributed by atoms with Gasteiger partial charge in [-0.1, -0.05) is 29.3 Å². The number of benzene rings is 3. The maximum atomic E-state index is 13.2. The average molecular weight is 470 g/mol. The van der Waals surface area contributed by atoms with Crippen LogP contribution in [0.3, 0.4) is 0 Å². The number of carbonyl (C=O) groups is 1. The number of esters is 1. The van der Waals surface area contributed by atoms with E-state index in [9.17, 15) is 19.7 Å². The summed E-state index contributed by atoms with van der Waals surface area (Å²) in [6.07, 6.45) is 0. The molecule has 4 aromatic rings. The van der Waals surface area contributed by atoms with Crippen LogP contribution < -0.4 is 10.2 Å². The summed E-state index contributed by atoms with van der Waals surface area (Å²) in [6, 6.07) is 14.9. The van der Waals surface area contributed by atoms with Gasteiger partial charge in [0.15, 0.2) is 5.76 Å². The zero-order chi connectivity index (χ0) is 23.0. The van der Waals surface area contributed by atoms with Crippen LogP contribution in [0.5, 0.6) is 5.75 Å². The maximum absolute atomic E-state index is 13.2. The Labute approximate surface area is 190 Å². The molecule has 32 heavy (non-hydrogen) atoms. The van der Waals surface area contributed by atoms with Gasteiger partial charge in [-0.05, 0) is 61.0 Å². The number of carbonyl (C=O) groups excluding carboxylic acids is 1. The van der Waals surface area contributed by atoms with Crippen LogP contribution in [-0.2, 0) is 0 Å². The quantitative estimate of drug-likeness (QED) is 0.200. The topological polar surface area (TPSA) is 99.7 Å². The largest absolute Gasteiger partial charge is 0.452 e. The monoisotopic (exact) mass is 469 g/mol. The molecule has 3 aromatic carbocycles. The second kappa shape index (κ2) is 8.45. The second-order valence-electron chi connectivity index (χ2n) is 6.91. The highest BCUT2D eigenvalue weighted by molar-refractivity contribution is 6.32. The number of hydrogen-bond donors (Lipinski definition) is 0. The highest BCUT2D eigenvalue weighted by Crippen LogP contribution is 2.33. The molecule has 0 saturated heterocycles. The summed E-state index contributed by atoms with van der Waals surface area (Å²) >= 11 is 11.8. The molecule has 0 atom stereocenters. The molecule has 0 radical (unpaired) electrons. The fourth-order valence-corrected chi connectivity index (χ4v) is 3.41. The third kappa shape index (κ3) is 4.08. The normalized spacial score (nSPS) is 10.8. The molecule has 0 bridgehead atoms. The highest BCUT2D eigenvalue weighted by Gasteiger charge is 2.23. The standard InChI is InChI=1S/C23H13Cl2NO6/c1-12-2-8-16-19(10-12)31-21(13-3-6-15(24)7-4-13)22(20(16)27)32-23(28)14-5-9-17(25)18(11-14)26(29)30/h2-11H,1H3. The van der Waals surface area contributed by atoms with E-state index in [1.54, 1.807) is 42.5 Å². The summed E-state index contributed by atoms with van der Waals surface area (Å²) in [6.45, 7) is 1.85. The molecule has 7 nitrogen and oxygen atoms in total. The Morgan fingerprint density at radius 2 is 1.75 bits per heavy atom. The lowest BCUT2D eigenvalue weighted by molar-refractivity contribution is -0.384. The molecule has 0 fully saturated rings. The Balaban J connectivity index is 1.87. The van der Waals surface area contributed by atoms with Crippen LogP contribution in [0.4, 0.5) is 5.69 Å². The lowest BCUT2D eigenvalue weighted by Crippen LogP contribution is -2.16. The Bertz CT molecular complexity index is 1440. The van der Waals surface area contributed by atoms with E-state index in [-0.39, 0.29) is 27.5 Å². The van der Waals surface area contributed by atoms with Crippen molar-refractivity contribution in [3.63, 3.8) is 0 Å². The van der Waals surface area contributed by atoms with Crippen LogP contribution in [0.25, 0.3) is 22.3 Å². The molecule has 0 unspecified atom stereocenters. The zero-order valence-corrected chi connectivity index (χ0v) is 17.9. The van der Waals surface area contributed by atoms with E-state index in [4.69, 9.17) is 32.4 Å². The Morgan fingerprint density at radius 3 is 2.44 bits per heavy atom. The van der Waals surface area contributed by atoms with Crippen LogP contribution in [0.2, 0.25) is 10.0 Å². The summed E-state index contributed by atoms with van der Waals surface area (Å²) in [5, 5.41) is 11.7. The predicted octanol–water partition coefficient (Wildman–Crippen LogP) is 6.20. The number of nitro benzene ring substituents is 1. The van der Waals surface area contributed by atoms with Crippen molar-refractivity contribution in [2.24, 2.45) is 0 Å². The number of rotatable bonds is 4. The third-order valence-corrected chi connectivity index (χ3v) is 5.26. The summed E-state index contributed by atoms with van der Waals surface area (Å²) in [5.74, 6) is -1.29. The number of ether oxygens (including phenoxy) is 1. The van der Waals surface area contributed by atoms with Crippen molar-refractivity contribution in [2.75, 3.05) is 0 Å². The molecule has 0 aliphatic rings. The first-order chi connectivity index (χ1) is 15.2. The first-order valence-corrected chi connectivity index (χ1v) is 9.99. The van der Waals surface area contributed by atoms with Gasteiger partial charge in [0.1, 0.15) is 10.6 Å². The molecule has 0 N–H and O–H groups in total. The molecule has 0 aliphatic heterocycles. The molecule has 0 saturated carbocycles. The minimum atomic E-state index is -0.973. The van der Waals surface area contributed by atoms with E-state index in [2.05, 4.69) is 0 Å². The van der Waals surface area contributed by atoms with Gasteiger partial charge in [0, 0.05) is 16.7 Å². The minimum absolute atomic E-state index is 0.0292. The van der Waals surface area contributed by atoms with Crippen LogP contribution in [-0.4, -0.2) is 10.9 Å². The van der Waals surface area contributed by atoms with Crippen molar-refractivity contribution in [1.29, 1.82) is 0 Å². The SMILES string of the molecule is Cc1ccc2c(=O)c(OC(=O)c3ccc(Cl)c([N+](=O)[O-])c3)c(-c3ccc(Cl)cc3)oc2c1. The zero-order valence-electron chi connectivity index (χ0n) is 16.4. The molecular weight excluding hydrogens is 457 g/mol. The van der Waals surface area contributed by atoms with Crippen molar-refractivity contribution in [2.45, 2.75) is 6.92 Å². The number of halogens is 2. The van der Waals surface area contributed by atoms with Crippen LogP contribution in [0, 0.1) is 17.0 Å². The number of nitro groups is 1. The van der Waals surface area contributed by atoms with E-state index in [1.807, 2.05) is 6.92 Å². The first kappa shape index (κ1) is 21.5. The van der Waals surface area contributed by atoms with Gasteiger partial charge in [-0.3, -0.25) is 14.9 Å². The average Bonchev–Trinajstić information content (AvgIpc) is 2.76. The minimum Gasteiger partial charge on any atom is -0.452 e. The molecule has 160 valence electrons. The summed E-state index contributed by atoms with van der Waals surface area (Å²) in [4.78, 5) is 36.4. The molecule has 4 rings (SSSR count). The van der Waals surface area contributed by atoms with Gasteiger partial charge in [0.25, 0.3) is 5.69 Å². The maximum Gasteiger partial charge on any atom is 0.344 e. The smallest absolute Gasteiger partial charge is 0.344 e. The second-order valence-corrected chi connectivity index (χ2v) is 7.75. The van der Waals surface area contributed by atoms with E-state index < -0.39 is 22.0 Å². The number of aryl methyl sites for hydroxylation is 1. The van der Waals surface area contributed by atoms with E-state index >= 15 is 0 Å². The van der Waals surface area contributed by atoms with Gasteiger partial charge in [-0.2, -0.15) is 0 Å². The van der Waals surface area contributed by atoms with Gasteiger partial charge < -0.3 is 9.15 Å². The van der Waals surface area contributed by atoms with Crippen molar-refractivity contribution in [3.8, 4) is 17.1 Å². The van der Waals surface area contributed by atoms with Crippen molar-refractivity contribution >= 4 is 45.8 Å². The molecular formula is C23H13Cl2NO6. The van der Waals surface area contributed by atoms with Crippen molar-refractivity contribution < 1.29 is 18.9 Å².